The van der Waals surface area contributed by atoms with E-state index in [0.29, 0.717) is 25.3 Å². The number of benzene rings is 1. The first kappa shape index (κ1) is 16.1. The molecule has 25 heavy (non-hydrogen) atoms. The fourth-order valence-corrected chi connectivity index (χ4v) is 4.23. The van der Waals surface area contributed by atoms with E-state index in [2.05, 4.69) is 12.2 Å². The zero-order chi connectivity index (χ0) is 17.6. The summed E-state index contributed by atoms with van der Waals surface area (Å²) < 4.78 is 0. The van der Waals surface area contributed by atoms with Crippen molar-refractivity contribution in [1.29, 1.82) is 0 Å². The molecule has 1 saturated carbocycles. The van der Waals surface area contributed by atoms with Gasteiger partial charge in [-0.1, -0.05) is 25.1 Å². The lowest BCUT2D eigenvalue weighted by Crippen LogP contribution is -2.50. The number of hydrogen-bond acceptors (Lipinski definition) is 3. The molecule has 0 unspecified atom stereocenters. The lowest BCUT2D eigenvalue weighted by molar-refractivity contribution is -0.135. The van der Waals surface area contributed by atoms with Crippen LogP contribution in [0.4, 0.5) is 10.5 Å². The number of nitrogens with zero attached hydrogens (tertiary/aromatic N) is 2. The van der Waals surface area contributed by atoms with E-state index < -0.39 is 11.6 Å². The molecule has 6 heteroatoms. The molecule has 0 atom stereocenters. The van der Waals surface area contributed by atoms with E-state index in [1.165, 1.54) is 0 Å². The van der Waals surface area contributed by atoms with Crippen LogP contribution >= 0.6 is 0 Å². The summed E-state index contributed by atoms with van der Waals surface area (Å²) in [4.78, 5) is 40.8. The highest BCUT2D eigenvalue weighted by molar-refractivity contribution is 6.10. The molecule has 1 aromatic rings. The summed E-state index contributed by atoms with van der Waals surface area (Å²) in [6.45, 7) is 2.58. The van der Waals surface area contributed by atoms with Crippen molar-refractivity contribution in [3.63, 3.8) is 0 Å². The number of carbonyl (C=O) groups is 3. The maximum atomic E-state index is 12.9. The molecule has 1 aliphatic carbocycles. The van der Waals surface area contributed by atoms with Crippen molar-refractivity contribution < 1.29 is 14.4 Å². The van der Waals surface area contributed by atoms with Gasteiger partial charge in [0.1, 0.15) is 12.1 Å². The molecule has 2 heterocycles. The molecule has 0 aromatic heterocycles. The van der Waals surface area contributed by atoms with Crippen molar-refractivity contribution in [3.05, 3.63) is 29.8 Å². The molecule has 132 valence electrons. The van der Waals surface area contributed by atoms with Crippen LogP contribution in [0.5, 0.6) is 0 Å². The average molecular weight is 341 g/mol. The summed E-state index contributed by atoms with van der Waals surface area (Å²) in [5, 5.41) is 2.87. The van der Waals surface area contributed by atoms with Crippen molar-refractivity contribution >= 4 is 23.5 Å². The molecule has 2 aliphatic heterocycles. The van der Waals surface area contributed by atoms with Gasteiger partial charge >= 0.3 is 6.03 Å². The minimum absolute atomic E-state index is 0.184. The smallest absolute Gasteiger partial charge is 0.323 e. The fourth-order valence-electron chi connectivity index (χ4n) is 4.23. The monoisotopic (exact) mass is 341 g/mol. The molecule has 4 rings (SSSR count). The lowest BCUT2D eigenvalue weighted by Gasteiger charge is -2.33. The highest BCUT2D eigenvalue weighted by atomic mass is 16.2. The Labute approximate surface area is 147 Å². The summed E-state index contributed by atoms with van der Waals surface area (Å²) in [6, 6.07) is 7.35. The number of anilines is 1. The van der Waals surface area contributed by atoms with Gasteiger partial charge < -0.3 is 10.2 Å². The Kier molecular flexibility index (Phi) is 3.78. The maximum Gasteiger partial charge on any atom is 0.325 e. The maximum absolute atomic E-state index is 12.9. The average Bonchev–Trinajstić information content (AvgIpc) is 3.13. The molecule has 1 N–H and O–H groups in total. The van der Waals surface area contributed by atoms with Gasteiger partial charge in [0.2, 0.25) is 5.91 Å². The predicted octanol–water partition coefficient (Wildman–Crippen LogP) is 2.08. The Morgan fingerprint density at radius 3 is 2.72 bits per heavy atom. The zero-order valence-electron chi connectivity index (χ0n) is 14.5. The molecule has 3 aliphatic rings. The van der Waals surface area contributed by atoms with Crippen LogP contribution in [0.2, 0.25) is 0 Å². The molecule has 0 radical (unpaired) electrons. The summed E-state index contributed by atoms with van der Waals surface area (Å²) in [7, 11) is 0. The number of para-hydroxylation sites is 1. The topological polar surface area (TPSA) is 69.7 Å². The van der Waals surface area contributed by atoms with E-state index >= 15 is 0 Å². The Balaban J connectivity index is 1.49. The number of carbonyl (C=O) groups excluding carboxylic acids is 3. The predicted molar refractivity (Wildman–Crippen MR) is 93.1 cm³/mol. The van der Waals surface area contributed by atoms with E-state index in [9.17, 15) is 14.4 Å². The normalized spacial score (nSPS) is 28.4. The van der Waals surface area contributed by atoms with E-state index in [1.807, 2.05) is 24.3 Å². The first-order valence-electron chi connectivity index (χ1n) is 9.02. The number of nitrogens with one attached hydrogen (secondary N) is 1. The molecule has 2 fully saturated rings. The van der Waals surface area contributed by atoms with Crippen molar-refractivity contribution in [2.75, 3.05) is 18.0 Å². The second-order valence-corrected chi connectivity index (χ2v) is 7.51. The number of amides is 4. The molecule has 1 aromatic carbocycles. The third-order valence-corrected chi connectivity index (χ3v) is 5.86. The Morgan fingerprint density at radius 1 is 1.24 bits per heavy atom. The van der Waals surface area contributed by atoms with E-state index in [0.717, 1.165) is 35.4 Å². The van der Waals surface area contributed by atoms with Crippen LogP contribution in [0, 0.1) is 5.92 Å². The first-order chi connectivity index (χ1) is 12.0. The van der Waals surface area contributed by atoms with Crippen molar-refractivity contribution in [3.8, 4) is 0 Å². The minimum Gasteiger partial charge on any atom is -0.323 e. The summed E-state index contributed by atoms with van der Waals surface area (Å²) >= 11 is 0. The third kappa shape index (κ3) is 2.60. The largest absolute Gasteiger partial charge is 0.325 e. The van der Waals surface area contributed by atoms with Gasteiger partial charge in [-0.25, -0.2) is 4.79 Å². The fraction of sp³-hybridized carbons (Fsp3) is 0.526. The van der Waals surface area contributed by atoms with Crippen molar-refractivity contribution in [1.82, 2.24) is 10.2 Å². The SMILES string of the molecule is CC1CCC2(CC1)NC(=O)N(CC(=O)N1CCc3ccccc31)C2=O. The summed E-state index contributed by atoms with van der Waals surface area (Å²) in [6.07, 6.45) is 3.98. The van der Waals surface area contributed by atoms with E-state index in [1.54, 1.807) is 4.90 Å². The van der Waals surface area contributed by atoms with Crippen LogP contribution in [0.25, 0.3) is 0 Å². The van der Waals surface area contributed by atoms with Gasteiger partial charge in [-0.15, -0.1) is 0 Å². The van der Waals surface area contributed by atoms with Gasteiger partial charge in [-0.05, 0) is 49.7 Å². The summed E-state index contributed by atoms with van der Waals surface area (Å²) in [5.41, 5.74) is 1.24. The number of fused-ring (bicyclic) bond motifs is 1. The molecular weight excluding hydrogens is 318 g/mol. The van der Waals surface area contributed by atoms with Crippen molar-refractivity contribution in [2.24, 2.45) is 5.92 Å². The van der Waals surface area contributed by atoms with Gasteiger partial charge in [0, 0.05) is 12.2 Å². The number of hydrogen-bond donors (Lipinski definition) is 1. The van der Waals surface area contributed by atoms with Crippen LogP contribution in [-0.4, -0.2) is 41.4 Å². The second kappa shape index (κ2) is 5.86. The van der Waals surface area contributed by atoms with Crippen molar-refractivity contribution in [2.45, 2.75) is 44.6 Å². The molecule has 6 nitrogen and oxygen atoms in total. The molecule has 0 bridgehead atoms. The molecular formula is C19H23N3O3. The summed E-state index contributed by atoms with van der Waals surface area (Å²) in [5.74, 6) is 0.145. The second-order valence-electron chi connectivity index (χ2n) is 7.51. The van der Waals surface area contributed by atoms with Crippen LogP contribution < -0.4 is 10.2 Å². The molecule has 1 spiro atoms. The van der Waals surface area contributed by atoms with Gasteiger partial charge in [-0.2, -0.15) is 0 Å². The minimum atomic E-state index is -0.785. The van der Waals surface area contributed by atoms with Gasteiger partial charge in [-0.3, -0.25) is 14.5 Å². The lowest BCUT2D eigenvalue weighted by atomic mass is 9.77. The highest BCUT2D eigenvalue weighted by Gasteiger charge is 2.52. The Hall–Kier alpha value is -2.37. The van der Waals surface area contributed by atoms with Crippen LogP contribution in [0.3, 0.4) is 0 Å². The van der Waals surface area contributed by atoms with Crippen LogP contribution in [0.1, 0.15) is 38.2 Å². The zero-order valence-corrected chi connectivity index (χ0v) is 14.5. The quantitative estimate of drug-likeness (QED) is 0.837. The molecule has 4 amide bonds. The molecule has 1 saturated heterocycles. The van der Waals surface area contributed by atoms with Gasteiger partial charge in [0.05, 0.1) is 0 Å². The van der Waals surface area contributed by atoms with Crippen LogP contribution in [-0.2, 0) is 16.0 Å². The van der Waals surface area contributed by atoms with E-state index in [4.69, 9.17) is 0 Å². The number of rotatable bonds is 2. The standard InChI is InChI=1S/C19H23N3O3/c1-13-6-9-19(10-7-13)17(24)22(18(25)20-19)12-16(23)21-11-8-14-4-2-3-5-15(14)21/h2-5,13H,6-12H2,1H3,(H,20,25). The van der Waals surface area contributed by atoms with E-state index in [-0.39, 0.29) is 18.4 Å². The van der Waals surface area contributed by atoms with Gasteiger partial charge in [0.15, 0.2) is 0 Å². The Bertz CT molecular complexity index is 737. The number of imide groups is 1. The third-order valence-electron chi connectivity index (χ3n) is 5.86. The first-order valence-corrected chi connectivity index (χ1v) is 9.02. The van der Waals surface area contributed by atoms with Gasteiger partial charge in [0.25, 0.3) is 5.91 Å². The highest BCUT2D eigenvalue weighted by Crippen LogP contribution is 2.36. The number of urea groups is 1. The Morgan fingerprint density at radius 2 is 1.96 bits per heavy atom. The van der Waals surface area contributed by atoms with Crippen LogP contribution in [0.15, 0.2) is 24.3 Å².